The van der Waals surface area contributed by atoms with Gasteiger partial charge >= 0.3 is 5.97 Å². The first-order chi connectivity index (χ1) is 9.58. The summed E-state index contributed by atoms with van der Waals surface area (Å²) in [4.78, 5) is 12.0. The number of carbonyl (C=O) groups is 1. The summed E-state index contributed by atoms with van der Waals surface area (Å²) in [5.41, 5.74) is 6.61. The third-order valence-electron chi connectivity index (χ3n) is 3.25. The van der Waals surface area contributed by atoms with Crippen molar-refractivity contribution in [3.63, 3.8) is 0 Å². The van der Waals surface area contributed by atoms with E-state index in [1.54, 1.807) is 25.3 Å². The van der Waals surface area contributed by atoms with E-state index in [-0.39, 0.29) is 12.1 Å². The second-order valence-electron chi connectivity index (χ2n) is 5.02. The normalized spacial score (nSPS) is 11.9. The van der Waals surface area contributed by atoms with Crippen LogP contribution in [-0.4, -0.2) is 19.2 Å². The fourth-order valence-electron chi connectivity index (χ4n) is 2.02. The van der Waals surface area contributed by atoms with E-state index in [1.165, 1.54) is 19.3 Å². The maximum absolute atomic E-state index is 12.0. The predicted molar refractivity (Wildman–Crippen MR) is 81.0 cm³/mol. The van der Waals surface area contributed by atoms with Gasteiger partial charge in [-0.2, -0.15) is 0 Å². The molecule has 0 saturated heterocycles. The molecule has 0 amide bonds. The summed E-state index contributed by atoms with van der Waals surface area (Å²) in [6.07, 6.45) is 5.51. The van der Waals surface area contributed by atoms with Gasteiger partial charge in [-0.05, 0) is 31.9 Å². The number of ether oxygens (including phenoxy) is 2. The molecule has 0 radical (unpaired) electrons. The lowest BCUT2D eigenvalue weighted by atomic mass is 10.1. The van der Waals surface area contributed by atoms with Crippen LogP contribution < -0.4 is 10.5 Å². The minimum absolute atomic E-state index is 0.0825. The highest BCUT2D eigenvalue weighted by Gasteiger charge is 2.15. The van der Waals surface area contributed by atoms with E-state index in [0.717, 1.165) is 12.8 Å². The van der Waals surface area contributed by atoms with Crippen LogP contribution in [0.1, 0.15) is 56.3 Å². The highest BCUT2D eigenvalue weighted by Crippen LogP contribution is 2.21. The molecular formula is C16H25NO3. The summed E-state index contributed by atoms with van der Waals surface area (Å²) in [5.74, 6) is 0.264. The van der Waals surface area contributed by atoms with Gasteiger partial charge in [0.1, 0.15) is 5.75 Å². The molecule has 1 aromatic carbocycles. The van der Waals surface area contributed by atoms with Crippen molar-refractivity contribution in [2.75, 3.05) is 12.8 Å². The van der Waals surface area contributed by atoms with Crippen LogP contribution in [0.2, 0.25) is 0 Å². The third-order valence-corrected chi connectivity index (χ3v) is 3.25. The number of carbonyl (C=O) groups excluding carboxylic acids is 1. The smallest absolute Gasteiger partial charge is 0.340 e. The Bertz CT molecular complexity index is 432. The van der Waals surface area contributed by atoms with Crippen molar-refractivity contribution >= 4 is 11.7 Å². The Hall–Kier alpha value is -1.71. The van der Waals surface area contributed by atoms with Gasteiger partial charge < -0.3 is 15.2 Å². The van der Waals surface area contributed by atoms with Crippen molar-refractivity contribution in [3.8, 4) is 5.75 Å². The Balaban J connectivity index is 2.49. The van der Waals surface area contributed by atoms with Crippen LogP contribution in [-0.2, 0) is 4.74 Å². The number of methoxy groups -OCH3 is 1. The van der Waals surface area contributed by atoms with Crippen LogP contribution >= 0.6 is 0 Å². The van der Waals surface area contributed by atoms with Crippen molar-refractivity contribution in [1.29, 1.82) is 0 Å². The highest BCUT2D eigenvalue weighted by molar-refractivity contribution is 5.95. The molecule has 2 N–H and O–H groups in total. The molecule has 1 unspecified atom stereocenters. The molecule has 1 aromatic rings. The number of unbranched alkanes of at least 4 members (excludes halogenated alkanes) is 3. The van der Waals surface area contributed by atoms with Crippen molar-refractivity contribution in [2.24, 2.45) is 0 Å². The first kappa shape index (κ1) is 16.3. The van der Waals surface area contributed by atoms with Crippen molar-refractivity contribution in [1.82, 2.24) is 0 Å². The minimum atomic E-state index is -0.367. The van der Waals surface area contributed by atoms with E-state index in [9.17, 15) is 4.79 Å². The van der Waals surface area contributed by atoms with Gasteiger partial charge in [0.15, 0.2) is 0 Å². The maximum Gasteiger partial charge on any atom is 0.340 e. The molecule has 0 bridgehead atoms. The molecule has 4 nitrogen and oxygen atoms in total. The molecule has 4 heteroatoms. The number of hydrogen-bond donors (Lipinski definition) is 1. The van der Waals surface area contributed by atoms with E-state index in [2.05, 4.69) is 6.92 Å². The molecule has 0 aromatic heterocycles. The number of esters is 1. The molecule has 0 heterocycles. The van der Waals surface area contributed by atoms with E-state index in [1.807, 2.05) is 6.92 Å². The van der Waals surface area contributed by atoms with Gasteiger partial charge in [0.05, 0.1) is 18.8 Å². The lowest BCUT2D eigenvalue weighted by Gasteiger charge is -2.14. The molecule has 20 heavy (non-hydrogen) atoms. The molecule has 1 rings (SSSR count). The highest BCUT2D eigenvalue weighted by atomic mass is 16.5. The molecule has 0 spiro atoms. The predicted octanol–water partition coefficient (Wildman–Crippen LogP) is 3.79. The summed E-state index contributed by atoms with van der Waals surface area (Å²) < 4.78 is 10.5. The Labute approximate surface area is 121 Å². The standard InChI is InChI=1S/C16H25NO3/c1-4-5-6-7-8-12(2)20-16(18)14-10-9-13(19-3)11-15(14)17/h9-12H,4-8,17H2,1-3H3. The molecule has 0 aliphatic rings. The van der Waals surface area contributed by atoms with Gasteiger partial charge in [-0.3, -0.25) is 0 Å². The average molecular weight is 279 g/mol. The van der Waals surface area contributed by atoms with Crippen molar-refractivity contribution in [3.05, 3.63) is 23.8 Å². The summed E-state index contributed by atoms with van der Waals surface area (Å²) in [7, 11) is 1.56. The number of nitrogens with two attached hydrogens (primary N) is 1. The van der Waals surface area contributed by atoms with Gasteiger partial charge in [-0.25, -0.2) is 4.79 Å². The van der Waals surface area contributed by atoms with Crippen LogP contribution in [0.25, 0.3) is 0 Å². The largest absolute Gasteiger partial charge is 0.497 e. The van der Waals surface area contributed by atoms with Gasteiger partial charge in [-0.1, -0.05) is 26.2 Å². The maximum atomic E-state index is 12.0. The van der Waals surface area contributed by atoms with E-state index in [0.29, 0.717) is 17.0 Å². The number of benzene rings is 1. The molecule has 0 fully saturated rings. The van der Waals surface area contributed by atoms with Crippen molar-refractivity contribution < 1.29 is 14.3 Å². The Kier molecular flexibility index (Phi) is 6.91. The number of anilines is 1. The van der Waals surface area contributed by atoms with Gasteiger partial charge in [0.2, 0.25) is 0 Å². The lowest BCUT2D eigenvalue weighted by molar-refractivity contribution is 0.0320. The summed E-state index contributed by atoms with van der Waals surface area (Å²) in [6.45, 7) is 4.10. The Morgan fingerprint density at radius 2 is 2.05 bits per heavy atom. The van der Waals surface area contributed by atoms with Crippen molar-refractivity contribution in [2.45, 2.75) is 52.1 Å². The summed E-state index contributed by atoms with van der Waals surface area (Å²) in [5, 5.41) is 0. The van der Waals surface area contributed by atoms with Crippen LogP contribution in [0, 0.1) is 0 Å². The zero-order chi connectivity index (χ0) is 15.0. The van der Waals surface area contributed by atoms with Crippen LogP contribution in [0.4, 0.5) is 5.69 Å². The number of nitrogen functional groups attached to an aromatic ring is 1. The van der Waals surface area contributed by atoms with E-state index < -0.39 is 0 Å². The quantitative estimate of drug-likeness (QED) is 0.447. The zero-order valence-corrected chi connectivity index (χ0v) is 12.6. The van der Waals surface area contributed by atoms with Gasteiger partial charge in [0, 0.05) is 11.8 Å². The van der Waals surface area contributed by atoms with Gasteiger partial charge in [0.25, 0.3) is 0 Å². The van der Waals surface area contributed by atoms with E-state index in [4.69, 9.17) is 15.2 Å². The first-order valence-corrected chi connectivity index (χ1v) is 7.23. The van der Waals surface area contributed by atoms with Crippen LogP contribution in [0.5, 0.6) is 5.75 Å². The molecule has 0 aliphatic carbocycles. The third kappa shape index (κ3) is 5.11. The van der Waals surface area contributed by atoms with Crippen LogP contribution in [0.3, 0.4) is 0 Å². The number of hydrogen-bond acceptors (Lipinski definition) is 4. The fourth-order valence-corrected chi connectivity index (χ4v) is 2.02. The molecule has 1 atom stereocenters. The second-order valence-corrected chi connectivity index (χ2v) is 5.02. The SMILES string of the molecule is CCCCCCC(C)OC(=O)c1ccc(OC)cc1N. The molecule has 112 valence electrons. The molecule has 0 aliphatic heterocycles. The zero-order valence-electron chi connectivity index (χ0n) is 12.6. The van der Waals surface area contributed by atoms with Crippen LogP contribution in [0.15, 0.2) is 18.2 Å². The topological polar surface area (TPSA) is 61.5 Å². The van der Waals surface area contributed by atoms with E-state index >= 15 is 0 Å². The fraction of sp³-hybridized carbons (Fsp3) is 0.562. The molecular weight excluding hydrogens is 254 g/mol. The van der Waals surface area contributed by atoms with Gasteiger partial charge in [-0.15, -0.1) is 0 Å². The average Bonchev–Trinajstić information content (AvgIpc) is 2.43. The molecule has 0 saturated carbocycles. The Morgan fingerprint density at radius 3 is 2.65 bits per heavy atom. The summed E-state index contributed by atoms with van der Waals surface area (Å²) in [6, 6.07) is 4.97. The monoisotopic (exact) mass is 279 g/mol. The second kappa shape index (κ2) is 8.46. The Morgan fingerprint density at radius 1 is 1.30 bits per heavy atom. The number of rotatable bonds is 8. The minimum Gasteiger partial charge on any atom is -0.497 e. The lowest BCUT2D eigenvalue weighted by Crippen LogP contribution is -2.16. The summed E-state index contributed by atoms with van der Waals surface area (Å²) >= 11 is 0. The first-order valence-electron chi connectivity index (χ1n) is 7.23.